The summed E-state index contributed by atoms with van der Waals surface area (Å²) < 4.78 is 47.7. The van der Waals surface area contributed by atoms with Gasteiger partial charge in [0.2, 0.25) is 20.0 Å². The van der Waals surface area contributed by atoms with E-state index < -0.39 is 28.9 Å². The Hall–Kier alpha value is -0.0831. The first-order valence-corrected chi connectivity index (χ1v) is 11.2. The lowest BCUT2D eigenvalue weighted by Crippen LogP contribution is -2.40. The Bertz CT molecular complexity index is 470. The van der Waals surface area contributed by atoms with Crippen LogP contribution in [0.2, 0.25) is 6.04 Å². The minimum absolute atomic E-state index is 0.0271. The van der Waals surface area contributed by atoms with E-state index in [1.54, 1.807) is 0 Å². The molecule has 0 aromatic carbocycles. The van der Waals surface area contributed by atoms with Crippen LogP contribution in [0.3, 0.4) is 0 Å². The zero-order valence-corrected chi connectivity index (χ0v) is 13.4. The molecule has 0 radical (unpaired) electrons. The van der Waals surface area contributed by atoms with Crippen molar-refractivity contribution in [2.24, 2.45) is 0 Å². The standard InChI is InChI=1S/C7H20N2O7S2Si/c1-17(10,11)8-4-6-9(18(2,12)13)5-3-7-19(14,15)16/h8,14-16H,3-7H2,1-2H3. The van der Waals surface area contributed by atoms with Crippen molar-refractivity contribution >= 4 is 28.9 Å². The normalized spacial score (nSPS) is 14.0. The van der Waals surface area contributed by atoms with Crippen molar-refractivity contribution in [3.63, 3.8) is 0 Å². The maximum atomic E-state index is 11.4. The molecule has 0 aromatic heterocycles. The molecule has 0 aliphatic heterocycles. The van der Waals surface area contributed by atoms with Crippen LogP contribution in [0.15, 0.2) is 0 Å². The molecular formula is C7H20N2O7S2Si. The lowest BCUT2D eigenvalue weighted by Gasteiger charge is -2.20. The van der Waals surface area contributed by atoms with Crippen LogP contribution < -0.4 is 4.72 Å². The summed E-state index contributed by atoms with van der Waals surface area (Å²) in [5.41, 5.74) is 0. The van der Waals surface area contributed by atoms with Crippen LogP contribution in [-0.2, 0) is 20.0 Å². The van der Waals surface area contributed by atoms with Gasteiger partial charge in [-0.25, -0.2) is 25.9 Å². The molecule has 0 aliphatic rings. The quantitative estimate of drug-likeness (QED) is 0.331. The zero-order chi connectivity index (χ0) is 15.3. The lowest BCUT2D eigenvalue weighted by atomic mass is 10.4. The third-order valence-electron chi connectivity index (χ3n) is 2.11. The van der Waals surface area contributed by atoms with Gasteiger partial charge in [0, 0.05) is 25.7 Å². The van der Waals surface area contributed by atoms with E-state index in [-0.39, 0.29) is 32.1 Å². The number of rotatable bonds is 9. The van der Waals surface area contributed by atoms with Gasteiger partial charge in [-0.2, -0.15) is 0 Å². The molecule has 19 heavy (non-hydrogen) atoms. The van der Waals surface area contributed by atoms with Gasteiger partial charge in [-0.1, -0.05) is 0 Å². The molecule has 0 spiro atoms. The van der Waals surface area contributed by atoms with Crippen molar-refractivity contribution in [1.29, 1.82) is 0 Å². The van der Waals surface area contributed by atoms with Crippen LogP contribution in [-0.4, -0.2) is 76.5 Å². The molecule has 116 valence electrons. The van der Waals surface area contributed by atoms with Gasteiger partial charge in [0.25, 0.3) is 0 Å². The fraction of sp³-hybridized carbons (Fsp3) is 1.00. The Balaban J connectivity index is 4.35. The Morgan fingerprint density at radius 2 is 1.58 bits per heavy atom. The van der Waals surface area contributed by atoms with Crippen LogP contribution in [0, 0.1) is 0 Å². The number of nitrogens with zero attached hydrogens (tertiary/aromatic N) is 1. The van der Waals surface area contributed by atoms with Crippen LogP contribution in [0.25, 0.3) is 0 Å². The minimum atomic E-state index is -4.18. The number of nitrogens with one attached hydrogen (secondary N) is 1. The van der Waals surface area contributed by atoms with Gasteiger partial charge in [-0.15, -0.1) is 0 Å². The highest BCUT2D eigenvalue weighted by Crippen LogP contribution is 2.06. The van der Waals surface area contributed by atoms with Crippen LogP contribution in [0.1, 0.15) is 6.42 Å². The van der Waals surface area contributed by atoms with Gasteiger partial charge in [-0.05, 0) is 6.42 Å². The number of sulfonamides is 2. The van der Waals surface area contributed by atoms with Crippen LogP contribution in [0.4, 0.5) is 0 Å². The lowest BCUT2D eigenvalue weighted by molar-refractivity contribution is 0.224. The summed E-state index contributed by atoms with van der Waals surface area (Å²) in [4.78, 5) is 26.4. The second-order valence-electron chi connectivity index (χ2n) is 4.21. The highest BCUT2D eigenvalue weighted by molar-refractivity contribution is 7.88. The highest BCUT2D eigenvalue weighted by Gasteiger charge is 2.27. The topological polar surface area (TPSA) is 144 Å². The van der Waals surface area contributed by atoms with Gasteiger partial charge in [0.1, 0.15) is 0 Å². The fourth-order valence-electron chi connectivity index (χ4n) is 1.29. The smallest absolute Gasteiger partial charge is 0.390 e. The Kier molecular flexibility index (Phi) is 7.05. The first-order chi connectivity index (χ1) is 8.31. The molecule has 0 fully saturated rings. The Labute approximate surface area is 114 Å². The minimum Gasteiger partial charge on any atom is -0.390 e. The van der Waals surface area contributed by atoms with Gasteiger partial charge >= 0.3 is 8.80 Å². The van der Waals surface area contributed by atoms with E-state index in [0.717, 1.165) is 16.8 Å². The first kappa shape index (κ1) is 18.9. The predicted molar refractivity (Wildman–Crippen MR) is 71.1 cm³/mol. The largest absolute Gasteiger partial charge is 0.492 e. The number of hydrogen-bond acceptors (Lipinski definition) is 7. The summed E-state index contributed by atoms with van der Waals surface area (Å²) in [6.45, 7) is -0.171. The van der Waals surface area contributed by atoms with E-state index in [1.807, 2.05) is 0 Å². The molecule has 0 aromatic rings. The molecule has 4 N–H and O–H groups in total. The molecule has 0 atom stereocenters. The molecule has 0 heterocycles. The SMILES string of the molecule is CS(=O)(=O)NCCN(CCC[Si](O)(O)O)S(C)(=O)=O. The average molecular weight is 336 g/mol. The summed E-state index contributed by atoms with van der Waals surface area (Å²) >= 11 is 0. The summed E-state index contributed by atoms with van der Waals surface area (Å²) in [5, 5.41) is 0. The van der Waals surface area contributed by atoms with E-state index >= 15 is 0 Å². The van der Waals surface area contributed by atoms with Crippen molar-refractivity contribution in [2.75, 3.05) is 32.1 Å². The maximum absolute atomic E-state index is 11.4. The molecule has 9 nitrogen and oxygen atoms in total. The third kappa shape index (κ3) is 11.4. The second-order valence-corrected chi connectivity index (χ2v) is 10.1. The number of hydrogen-bond donors (Lipinski definition) is 4. The van der Waals surface area contributed by atoms with Crippen molar-refractivity contribution in [3.05, 3.63) is 0 Å². The summed E-state index contributed by atoms with van der Waals surface area (Å²) in [7, 11) is -11.1. The second kappa shape index (κ2) is 7.08. The molecule has 0 unspecified atom stereocenters. The first-order valence-electron chi connectivity index (χ1n) is 5.38. The molecule has 0 bridgehead atoms. The molecule has 0 aliphatic carbocycles. The maximum Gasteiger partial charge on any atom is 0.492 e. The van der Waals surface area contributed by atoms with Gasteiger partial charge in [0.15, 0.2) is 0 Å². The predicted octanol–water partition coefficient (Wildman–Crippen LogP) is -2.90. The van der Waals surface area contributed by atoms with Crippen molar-refractivity contribution in [1.82, 2.24) is 9.03 Å². The van der Waals surface area contributed by atoms with Crippen molar-refractivity contribution < 1.29 is 31.2 Å². The van der Waals surface area contributed by atoms with E-state index in [0.29, 0.717) is 0 Å². The van der Waals surface area contributed by atoms with Crippen LogP contribution in [0.5, 0.6) is 0 Å². The van der Waals surface area contributed by atoms with E-state index in [9.17, 15) is 16.8 Å². The summed E-state index contributed by atoms with van der Waals surface area (Å²) in [5.74, 6) is 0. The summed E-state index contributed by atoms with van der Waals surface area (Å²) in [6.07, 6.45) is 2.00. The molecule has 0 saturated carbocycles. The Morgan fingerprint density at radius 3 is 1.95 bits per heavy atom. The van der Waals surface area contributed by atoms with Gasteiger partial charge in [-0.3, -0.25) is 0 Å². The summed E-state index contributed by atoms with van der Waals surface area (Å²) in [6, 6.07) is -0.279. The monoisotopic (exact) mass is 336 g/mol. The molecule has 0 amide bonds. The highest BCUT2D eigenvalue weighted by atomic mass is 32.2. The van der Waals surface area contributed by atoms with E-state index in [1.165, 1.54) is 0 Å². The van der Waals surface area contributed by atoms with Crippen molar-refractivity contribution in [3.8, 4) is 0 Å². The Morgan fingerprint density at radius 1 is 1.05 bits per heavy atom. The van der Waals surface area contributed by atoms with Gasteiger partial charge in [0.05, 0.1) is 12.5 Å². The molecule has 0 saturated heterocycles. The third-order valence-corrected chi connectivity index (χ3v) is 5.17. The zero-order valence-electron chi connectivity index (χ0n) is 10.8. The molecule has 0 rings (SSSR count). The average Bonchev–Trinajstić information content (AvgIpc) is 2.09. The van der Waals surface area contributed by atoms with E-state index in [4.69, 9.17) is 14.4 Å². The molecule has 12 heteroatoms. The fourth-order valence-corrected chi connectivity index (χ4v) is 3.27. The van der Waals surface area contributed by atoms with Gasteiger partial charge < -0.3 is 14.4 Å². The molecular weight excluding hydrogens is 316 g/mol. The van der Waals surface area contributed by atoms with E-state index in [2.05, 4.69) is 4.72 Å². The van der Waals surface area contributed by atoms with Crippen molar-refractivity contribution in [2.45, 2.75) is 12.5 Å². The van der Waals surface area contributed by atoms with Crippen LogP contribution >= 0.6 is 0 Å².